The van der Waals surface area contributed by atoms with Crippen molar-refractivity contribution in [3.63, 3.8) is 0 Å². The standard InChI is InChI=1S/C21H20BrN5O2S/c1-13-7-9-15(10-8-13)23-18(28)20-26-25-19(30-20)17-6-3-11-27(17)21(29)24-16-5-2-4-14(22)12-16/h2,4-5,7-10,12,17H,3,6,11H2,1H3,(H,23,28)(H,24,29). The summed E-state index contributed by atoms with van der Waals surface area (Å²) in [5.74, 6) is -0.300. The van der Waals surface area contributed by atoms with Crippen LogP contribution in [0.15, 0.2) is 53.0 Å². The maximum atomic E-state index is 12.8. The highest BCUT2D eigenvalue weighted by Crippen LogP contribution is 2.34. The number of nitrogens with one attached hydrogen (secondary N) is 2. The van der Waals surface area contributed by atoms with Crippen molar-refractivity contribution in [2.45, 2.75) is 25.8 Å². The van der Waals surface area contributed by atoms with Gasteiger partial charge >= 0.3 is 6.03 Å². The van der Waals surface area contributed by atoms with Gasteiger partial charge in [0.2, 0.25) is 5.01 Å². The maximum Gasteiger partial charge on any atom is 0.322 e. The number of hydrogen-bond acceptors (Lipinski definition) is 5. The molecule has 1 aliphatic rings. The van der Waals surface area contributed by atoms with E-state index in [1.165, 1.54) is 11.3 Å². The molecule has 2 N–H and O–H groups in total. The van der Waals surface area contributed by atoms with Gasteiger partial charge in [-0.15, -0.1) is 10.2 Å². The average Bonchev–Trinajstić information content (AvgIpc) is 3.39. The third-order valence-corrected chi connectivity index (χ3v) is 6.34. The Labute approximate surface area is 186 Å². The van der Waals surface area contributed by atoms with E-state index < -0.39 is 0 Å². The number of amides is 3. The van der Waals surface area contributed by atoms with Gasteiger partial charge in [0.05, 0.1) is 6.04 Å². The van der Waals surface area contributed by atoms with E-state index in [2.05, 4.69) is 36.8 Å². The van der Waals surface area contributed by atoms with E-state index in [4.69, 9.17) is 0 Å². The summed E-state index contributed by atoms with van der Waals surface area (Å²) in [5, 5.41) is 15.0. The molecule has 2 aromatic carbocycles. The van der Waals surface area contributed by atoms with Crippen molar-refractivity contribution >= 4 is 50.6 Å². The lowest BCUT2D eigenvalue weighted by atomic mass is 10.2. The normalized spacial score (nSPS) is 15.8. The van der Waals surface area contributed by atoms with E-state index in [1.54, 1.807) is 4.90 Å². The Morgan fingerprint density at radius 3 is 2.67 bits per heavy atom. The molecule has 3 aromatic rings. The number of halogens is 1. The lowest BCUT2D eigenvalue weighted by molar-refractivity contribution is 0.102. The summed E-state index contributed by atoms with van der Waals surface area (Å²) >= 11 is 4.64. The van der Waals surface area contributed by atoms with Gasteiger partial charge in [0.25, 0.3) is 5.91 Å². The quantitative estimate of drug-likeness (QED) is 0.529. The Hall–Kier alpha value is -2.78. The van der Waals surface area contributed by atoms with Crippen molar-refractivity contribution < 1.29 is 9.59 Å². The number of nitrogens with zero attached hydrogens (tertiary/aromatic N) is 3. The maximum absolute atomic E-state index is 12.8. The molecule has 4 rings (SSSR count). The summed E-state index contributed by atoms with van der Waals surface area (Å²) in [6.07, 6.45) is 1.67. The van der Waals surface area contributed by atoms with E-state index >= 15 is 0 Å². The van der Waals surface area contributed by atoms with Gasteiger partial charge in [-0.05, 0) is 50.1 Å². The highest BCUT2D eigenvalue weighted by Gasteiger charge is 2.33. The van der Waals surface area contributed by atoms with Gasteiger partial charge in [0.15, 0.2) is 0 Å². The summed E-state index contributed by atoms with van der Waals surface area (Å²) in [4.78, 5) is 27.1. The molecule has 0 saturated carbocycles. The summed E-state index contributed by atoms with van der Waals surface area (Å²) < 4.78 is 0.895. The van der Waals surface area contributed by atoms with Crippen molar-refractivity contribution in [3.05, 3.63) is 68.6 Å². The Kier molecular flexibility index (Phi) is 6.10. The molecule has 1 atom stereocenters. The van der Waals surface area contributed by atoms with E-state index in [0.717, 1.165) is 28.6 Å². The first-order valence-corrected chi connectivity index (χ1v) is 11.1. The third-order valence-electron chi connectivity index (χ3n) is 4.82. The van der Waals surface area contributed by atoms with Crippen molar-refractivity contribution in [1.82, 2.24) is 15.1 Å². The van der Waals surface area contributed by atoms with Crippen LogP contribution in [0.1, 0.15) is 39.3 Å². The summed E-state index contributed by atoms with van der Waals surface area (Å²) in [6.45, 7) is 2.62. The third kappa shape index (κ3) is 4.68. The van der Waals surface area contributed by atoms with Gasteiger partial charge in [-0.3, -0.25) is 4.79 Å². The van der Waals surface area contributed by atoms with Crippen LogP contribution in [-0.4, -0.2) is 33.6 Å². The highest BCUT2D eigenvalue weighted by atomic mass is 79.9. The molecule has 1 unspecified atom stereocenters. The predicted molar refractivity (Wildman–Crippen MR) is 121 cm³/mol. The number of carbonyl (C=O) groups excluding carboxylic acids is 2. The smallest absolute Gasteiger partial charge is 0.320 e. The van der Waals surface area contributed by atoms with Crippen LogP contribution in [0.4, 0.5) is 16.2 Å². The topological polar surface area (TPSA) is 87.2 Å². The zero-order valence-corrected chi connectivity index (χ0v) is 18.7. The van der Waals surface area contributed by atoms with E-state index in [1.807, 2.05) is 55.5 Å². The summed E-state index contributed by atoms with van der Waals surface area (Å²) in [7, 11) is 0. The minimum atomic E-state index is -0.300. The van der Waals surface area contributed by atoms with Crippen LogP contribution in [0.25, 0.3) is 0 Å². The Morgan fingerprint density at radius 1 is 1.10 bits per heavy atom. The Bertz CT molecular complexity index is 1070. The monoisotopic (exact) mass is 485 g/mol. The van der Waals surface area contributed by atoms with E-state index in [0.29, 0.717) is 17.2 Å². The number of urea groups is 1. The van der Waals surface area contributed by atoms with Crippen LogP contribution < -0.4 is 10.6 Å². The molecule has 0 bridgehead atoms. The fourth-order valence-electron chi connectivity index (χ4n) is 3.31. The van der Waals surface area contributed by atoms with Crippen molar-refractivity contribution in [1.29, 1.82) is 0 Å². The minimum Gasteiger partial charge on any atom is -0.320 e. The van der Waals surface area contributed by atoms with Crippen molar-refractivity contribution in [2.75, 3.05) is 17.2 Å². The highest BCUT2D eigenvalue weighted by molar-refractivity contribution is 9.10. The molecule has 7 nitrogen and oxygen atoms in total. The molecule has 1 aliphatic heterocycles. The molecule has 0 aliphatic carbocycles. The molecular formula is C21H20BrN5O2S. The van der Waals surface area contributed by atoms with Crippen LogP contribution in [0, 0.1) is 6.92 Å². The van der Waals surface area contributed by atoms with Gasteiger partial charge in [0.1, 0.15) is 5.01 Å². The lowest BCUT2D eigenvalue weighted by Crippen LogP contribution is -2.34. The predicted octanol–water partition coefficient (Wildman–Crippen LogP) is 5.23. The Balaban J connectivity index is 1.44. The average molecular weight is 486 g/mol. The van der Waals surface area contributed by atoms with E-state index in [9.17, 15) is 9.59 Å². The number of anilines is 2. The lowest BCUT2D eigenvalue weighted by Gasteiger charge is -2.23. The fraction of sp³-hybridized carbons (Fsp3) is 0.238. The first-order chi connectivity index (χ1) is 14.5. The van der Waals surface area contributed by atoms with Crippen LogP contribution >= 0.6 is 27.3 Å². The largest absolute Gasteiger partial charge is 0.322 e. The van der Waals surface area contributed by atoms with Gasteiger partial charge in [0, 0.05) is 22.4 Å². The van der Waals surface area contributed by atoms with Crippen LogP contribution in [0.5, 0.6) is 0 Å². The SMILES string of the molecule is Cc1ccc(NC(=O)c2nnc(C3CCCN3C(=O)Nc3cccc(Br)c3)s2)cc1. The summed E-state index contributed by atoms with van der Waals surface area (Å²) in [5.41, 5.74) is 2.54. The number of benzene rings is 2. The zero-order valence-electron chi connectivity index (χ0n) is 16.3. The zero-order chi connectivity index (χ0) is 21.1. The van der Waals surface area contributed by atoms with Gasteiger partial charge < -0.3 is 15.5 Å². The van der Waals surface area contributed by atoms with Crippen LogP contribution in [0.3, 0.4) is 0 Å². The second kappa shape index (κ2) is 8.93. The number of rotatable bonds is 4. The summed E-state index contributed by atoms with van der Waals surface area (Å²) in [6, 6.07) is 14.6. The molecule has 1 fully saturated rings. The number of aryl methyl sites for hydroxylation is 1. The molecule has 154 valence electrons. The van der Waals surface area contributed by atoms with Crippen LogP contribution in [0.2, 0.25) is 0 Å². The van der Waals surface area contributed by atoms with Gasteiger partial charge in [-0.25, -0.2) is 4.79 Å². The van der Waals surface area contributed by atoms with Crippen LogP contribution in [-0.2, 0) is 0 Å². The molecule has 30 heavy (non-hydrogen) atoms. The molecule has 3 amide bonds. The van der Waals surface area contributed by atoms with Gasteiger partial charge in [-0.1, -0.05) is 51.0 Å². The second-order valence-corrected chi connectivity index (χ2v) is 8.98. The molecule has 1 aromatic heterocycles. The number of carbonyl (C=O) groups is 2. The first-order valence-electron chi connectivity index (χ1n) is 9.54. The molecule has 9 heteroatoms. The minimum absolute atomic E-state index is 0.184. The second-order valence-electron chi connectivity index (χ2n) is 7.06. The van der Waals surface area contributed by atoms with Crippen molar-refractivity contribution in [3.8, 4) is 0 Å². The van der Waals surface area contributed by atoms with Gasteiger partial charge in [-0.2, -0.15) is 0 Å². The molecule has 2 heterocycles. The molecular weight excluding hydrogens is 466 g/mol. The number of likely N-dealkylation sites (tertiary alicyclic amines) is 1. The first kappa shape index (κ1) is 20.5. The van der Waals surface area contributed by atoms with E-state index in [-0.39, 0.29) is 23.0 Å². The fourth-order valence-corrected chi connectivity index (χ4v) is 4.60. The van der Waals surface area contributed by atoms with Crippen molar-refractivity contribution in [2.24, 2.45) is 0 Å². The molecule has 0 spiro atoms. The number of aromatic nitrogens is 2. The Morgan fingerprint density at radius 2 is 1.90 bits per heavy atom. The molecule has 1 saturated heterocycles. The number of hydrogen-bond donors (Lipinski definition) is 2. The molecule has 0 radical (unpaired) electrons.